The monoisotopic (exact) mass is 355 g/mol. The van der Waals surface area contributed by atoms with Gasteiger partial charge >= 0.3 is 0 Å². The Balaban J connectivity index is 1.74. The number of carbonyl (C=O) groups is 1. The molecule has 2 aromatic carbocycles. The lowest BCUT2D eigenvalue weighted by Crippen LogP contribution is -2.28. The molecule has 1 saturated heterocycles. The average Bonchev–Trinajstić information content (AvgIpc) is 3.03. The van der Waals surface area contributed by atoms with E-state index in [9.17, 15) is 4.79 Å². The van der Waals surface area contributed by atoms with Gasteiger partial charge in [0.15, 0.2) is 0 Å². The van der Waals surface area contributed by atoms with E-state index in [2.05, 4.69) is 28.1 Å². The van der Waals surface area contributed by atoms with Crippen LogP contribution in [-0.2, 0) is 4.79 Å². The zero-order chi connectivity index (χ0) is 15.4. The molecule has 1 fully saturated rings. The molecule has 1 aliphatic rings. The fraction of sp³-hybridized carbons (Fsp3) is 0.211. The summed E-state index contributed by atoms with van der Waals surface area (Å²) in [6, 6.07) is 18.4. The molecule has 0 bridgehead atoms. The number of halogens is 1. The van der Waals surface area contributed by atoms with E-state index in [4.69, 9.17) is 0 Å². The summed E-state index contributed by atoms with van der Waals surface area (Å²) in [6.45, 7) is 0.835. The van der Waals surface area contributed by atoms with E-state index in [1.165, 1.54) is 5.56 Å². The van der Waals surface area contributed by atoms with Crippen molar-refractivity contribution in [2.24, 2.45) is 0 Å². The molecule has 0 N–H and O–H groups in total. The minimum atomic E-state index is 0.0892. The van der Waals surface area contributed by atoms with Crippen molar-refractivity contribution in [1.29, 1.82) is 0 Å². The van der Waals surface area contributed by atoms with Gasteiger partial charge in [0.05, 0.1) is 6.04 Å². The molecule has 1 atom stereocenters. The van der Waals surface area contributed by atoms with Crippen molar-refractivity contribution < 1.29 is 4.79 Å². The lowest BCUT2D eigenvalue weighted by molar-refractivity contribution is -0.126. The van der Waals surface area contributed by atoms with E-state index < -0.39 is 0 Å². The molecule has 22 heavy (non-hydrogen) atoms. The van der Waals surface area contributed by atoms with Crippen LogP contribution in [0.2, 0.25) is 0 Å². The van der Waals surface area contributed by atoms with Gasteiger partial charge in [-0.25, -0.2) is 0 Å². The SMILES string of the molecule is O=C(C=Cc1cccc(Br)c1)N1CCCC1c1ccccc1. The highest BCUT2D eigenvalue weighted by molar-refractivity contribution is 9.10. The minimum Gasteiger partial charge on any atom is -0.332 e. The third kappa shape index (κ3) is 3.47. The number of amides is 1. The first-order valence-corrected chi connectivity index (χ1v) is 8.32. The van der Waals surface area contributed by atoms with Gasteiger partial charge in [0.2, 0.25) is 5.91 Å². The predicted molar refractivity (Wildman–Crippen MR) is 93.3 cm³/mol. The first-order valence-electron chi connectivity index (χ1n) is 7.53. The summed E-state index contributed by atoms with van der Waals surface area (Å²) < 4.78 is 1.02. The van der Waals surface area contributed by atoms with Crippen LogP contribution in [0.3, 0.4) is 0 Å². The number of nitrogens with zero attached hydrogens (tertiary/aromatic N) is 1. The van der Waals surface area contributed by atoms with Crippen LogP contribution in [0.15, 0.2) is 65.1 Å². The van der Waals surface area contributed by atoms with Crippen molar-refractivity contribution in [3.8, 4) is 0 Å². The van der Waals surface area contributed by atoms with E-state index in [1.54, 1.807) is 6.08 Å². The van der Waals surface area contributed by atoms with Crippen molar-refractivity contribution >= 4 is 27.9 Å². The first kappa shape index (κ1) is 15.0. The molecule has 112 valence electrons. The maximum atomic E-state index is 12.5. The number of carbonyl (C=O) groups excluding carboxylic acids is 1. The molecule has 2 aromatic rings. The Morgan fingerprint density at radius 1 is 1.14 bits per heavy atom. The number of likely N-dealkylation sites (tertiary alicyclic amines) is 1. The van der Waals surface area contributed by atoms with Gasteiger partial charge in [-0.2, -0.15) is 0 Å². The van der Waals surface area contributed by atoms with Crippen LogP contribution in [0.25, 0.3) is 6.08 Å². The largest absolute Gasteiger partial charge is 0.332 e. The summed E-state index contributed by atoms with van der Waals surface area (Å²) in [5.74, 6) is 0.0892. The third-order valence-electron chi connectivity index (χ3n) is 3.99. The van der Waals surface area contributed by atoms with Crippen LogP contribution in [0.5, 0.6) is 0 Å². The molecule has 3 heteroatoms. The van der Waals surface area contributed by atoms with Gasteiger partial charge < -0.3 is 4.90 Å². The lowest BCUT2D eigenvalue weighted by atomic mass is 10.0. The molecule has 0 spiro atoms. The normalized spacial score (nSPS) is 18.0. The smallest absolute Gasteiger partial charge is 0.247 e. The highest BCUT2D eigenvalue weighted by atomic mass is 79.9. The second-order valence-corrected chi connectivity index (χ2v) is 6.40. The van der Waals surface area contributed by atoms with Crippen molar-refractivity contribution in [3.05, 3.63) is 76.3 Å². The van der Waals surface area contributed by atoms with Crippen LogP contribution in [0.4, 0.5) is 0 Å². The standard InChI is InChI=1S/C19H18BrNO/c20-17-9-4-6-15(14-17)11-12-19(22)21-13-5-10-18(21)16-7-2-1-3-8-16/h1-4,6-9,11-12,14,18H,5,10,13H2. The highest BCUT2D eigenvalue weighted by Crippen LogP contribution is 2.31. The number of benzene rings is 2. The molecule has 0 aliphatic carbocycles. The van der Waals surface area contributed by atoms with Crippen LogP contribution in [0, 0.1) is 0 Å². The van der Waals surface area contributed by atoms with Gasteiger partial charge in [-0.1, -0.05) is 58.4 Å². The molecule has 1 heterocycles. The van der Waals surface area contributed by atoms with Crippen LogP contribution in [-0.4, -0.2) is 17.4 Å². The van der Waals surface area contributed by atoms with Gasteiger partial charge in [0, 0.05) is 17.1 Å². The molecule has 2 nitrogen and oxygen atoms in total. The Morgan fingerprint density at radius 3 is 2.73 bits per heavy atom. The van der Waals surface area contributed by atoms with Crippen molar-refractivity contribution in [2.45, 2.75) is 18.9 Å². The van der Waals surface area contributed by atoms with E-state index in [0.29, 0.717) is 0 Å². The van der Waals surface area contributed by atoms with Crippen molar-refractivity contribution in [1.82, 2.24) is 4.90 Å². The molecule has 0 aromatic heterocycles. The number of hydrogen-bond donors (Lipinski definition) is 0. The fourth-order valence-electron chi connectivity index (χ4n) is 2.93. The maximum absolute atomic E-state index is 12.5. The predicted octanol–water partition coefficient (Wildman–Crippen LogP) is 4.83. The van der Waals surface area contributed by atoms with Crippen molar-refractivity contribution in [3.63, 3.8) is 0 Å². The summed E-state index contributed by atoms with van der Waals surface area (Å²) in [6.07, 6.45) is 5.67. The molecule has 0 saturated carbocycles. The van der Waals surface area contributed by atoms with Crippen molar-refractivity contribution in [2.75, 3.05) is 6.54 Å². The molecular formula is C19H18BrNO. The zero-order valence-electron chi connectivity index (χ0n) is 12.3. The molecule has 1 amide bonds. The summed E-state index contributed by atoms with van der Waals surface area (Å²) in [5, 5.41) is 0. The lowest BCUT2D eigenvalue weighted by Gasteiger charge is -2.23. The molecule has 1 unspecified atom stereocenters. The molecule has 3 rings (SSSR count). The topological polar surface area (TPSA) is 20.3 Å². The zero-order valence-corrected chi connectivity index (χ0v) is 13.9. The average molecular weight is 356 g/mol. The molecule has 1 aliphatic heterocycles. The Morgan fingerprint density at radius 2 is 1.95 bits per heavy atom. The third-order valence-corrected chi connectivity index (χ3v) is 4.48. The van der Waals surface area contributed by atoms with Gasteiger partial charge in [-0.3, -0.25) is 4.79 Å². The number of rotatable bonds is 3. The second-order valence-electron chi connectivity index (χ2n) is 5.49. The summed E-state index contributed by atoms with van der Waals surface area (Å²) >= 11 is 3.45. The van der Waals surface area contributed by atoms with E-state index in [1.807, 2.05) is 53.4 Å². The van der Waals surface area contributed by atoms with E-state index in [-0.39, 0.29) is 11.9 Å². The Labute approximate surface area is 139 Å². The Kier molecular flexibility index (Phi) is 4.74. The Hall–Kier alpha value is -1.87. The first-order chi connectivity index (χ1) is 10.7. The summed E-state index contributed by atoms with van der Waals surface area (Å²) in [7, 11) is 0. The van der Waals surface area contributed by atoms with E-state index >= 15 is 0 Å². The molecule has 0 radical (unpaired) electrons. The quantitative estimate of drug-likeness (QED) is 0.722. The van der Waals surface area contributed by atoms with Crippen LogP contribution >= 0.6 is 15.9 Å². The molecular weight excluding hydrogens is 338 g/mol. The van der Waals surface area contributed by atoms with Gasteiger partial charge in [-0.05, 0) is 42.2 Å². The van der Waals surface area contributed by atoms with E-state index in [0.717, 1.165) is 29.4 Å². The van der Waals surface area contributed by atoms with Crippen LogP contribution < -0.4 is 0 Å². The highest BCUT2D eigenvalue weighted by Gasteiger charge is 2.28. The van der Waals surface area contributed by atoms with Gasteiger partial charge in [-0.15, -0.1) is 0 Å². The van der Waals surface area contributed by atoms with Crippen LogP contribution in [0.1, 0.15) is 30.0 Å². The minimum absolute atomic E-state index is 0.0892. The maximum Gasteiger partial charge on any atom is 0.247 e. The van der Waals surface area contributed by atoms with Gasteiger partial charge in [0.25, 0.3) is 0 Å². The summed E-state index contributed by atoms with van der Waals surface area (Å²) in [4.78, 5) is 14.5. The number of hydrogen-bond acceptors (Lipinski definition) is 1. The Bertz CT molecular complexity index is 681. The van der Waals surface area contributed by atoms with Gasteiger partial charge in [0.1, 0.15) is 0 Å². The fourth-order valence-corrected chi connectivity index (χ4v) is 3.34. The summed E-state index contributed by atoms with van der Waals surface area (Å²) in [5.41, 5.74) is 2.25. The second kappa shape index (κ2) is 6.93.